The molecule has 2 rings (SSSR count). The Hall–Kier alpha value is -1.35. The normalized spacial score (nSPS) is 21.6. The topological polar surface area (TPSA) is 40.5 Å². The van der Waals surface area contributed by atoms with Crippen molar-refractivity contribution in [2.75, 3.05) is 13.1 Å². The number of nitrogens with zero attached hydrogens (tertiary/aromatic N) is 1. The zero-order chi connectivity index (χ0) is 14.4. The first-order valence-electron chi connectivity index (χ1n) is 7.68. The van der Waals surface area contributed by atoms with Crippen molar-refractivity contribution < 1.29 is 9.90 Å². The smallest absolute Gasteiger partial charge is 0.306 e. The fourth-order valence-corrected chi connectivity index (χ4v) is 3.17. The van der Waals surface area contributed by atoms with E-state index in [0.29, 0.717) is 5.92 Å². The van der Waals surface area contributed by atoms with Crippen LogP contribution in [0.5, 0.6) is 0 Å². The third kappa shape index (κ3) is 4.34. The number of carbonyl (C=O) groups is 1. The molecule has 1 fully saturated rings. The lowest BCUT2D eigenvalue weighted by Gasteiger charge is -2.33. The Morgan fingerprint density at radius 3 is 2.80 bits per heavy atom. The van der Waals surface area contributed by atoms with Crippen LogP contribution in [0.15, 0.2) is 30.3 Å². The monoisotopic (exact) mass is 275 g/mol. The molecule has 0 spiro atoms. The summed E-state index contributed by atoms with van der Waals surface area (Å²) in [6, 6.07) is 10.5. The van der Waals surface area contributed by atoms with Gasteiger partial charge in [-0.15, -0.1) is 0 Å². The first-order valence-corrected chi connectivity index (χ1v) is 7.68. The van der Waals surface area contributed by atoms with E-state index in [2.05, 4.69) is 29.2 Å². The van der Waals surface area contributed by atoms with Crippen LogP contribution in [0.2, 0.25) is 0 Å². The van der Waals surface area contributed by atoms with Gasteiger partial charge in [0.1, 0.15) is 0 Å². The highest BCUT2D eigenvalue weighted by Gasteiger charge is 2.25. The molecule has 3 heteroatoms. The highest BCUT2D eigenvalue weighted by atomic mass is 16.4. The second-order valence-electron chi connectivity index (χ2n) is 5.91. The Balaban J connectivity index is 1.87. The number of aliphatic carboxylic acids is 1. The lowest BCUT2D eigenvalue weighted by atomic mass is 9.87. The molecule has 110 valence electrons. The Morgan fingerprint density at radius 2 is 2.15 bits per heavy atom. The summed E-state index contributed by atoms with van der Waals surface area (Å²) in [6.07, 6.45) is 3.93. The summed E-state index contributed by atoms with van der Waals surface area (Å²) in [5.41, 5.74) is 1.35. The minimum atomic E-state index is -0.632. The molecule has 0 radical (unpaired) electrons. The average molecular weight is 275 g/mol. The summed E-state index contributed by atoms with van der Waals surface area (Å²) in [7, 11) is 0. The van der Waals surface area contributed by atoms with Gasteiger partial charge in [0.15, 0.2) is 0 Å². The number of carboxylic acid groups (broad SMARTS) is 1. The Kier molecular flexibility index (Phi) is 5.60. The van der Waals surface area contributed by atoms with Crippen LogP contribution in [0.1, 0.15) is 38.2 Å². The van der Waals surface area contributed by atoms with Gasteiger partial charge < -0.3 is 5.11 Å². The van der Waals surface area contributed by atoms with Crippen LogP contribution in [0, 0.1) is 11.8 Å². The molecular formula is C17H25NO2. The second kappa shape index (κ2) is 7.44. The standard InChI is InChI=1S/C17H25NO2/c1-2-16(17(19)20)11-15-9-6-10-18(13-15)12-14-7-4-3-5-8-14/h3-5,7-8,15-16H,2,6,9-13H2,1H3,(H,19,20). The van der Waals surface area contributed by atoms with Crippen LogP contribution in [-0.4, -0.2) is 29.1 Å². The van der Waals surface area contributed by atoms with Gasteiger partial charge in [-0.05, 0) is 43.7 Å². The van der Waals surface area contributed by atoms with E-state index >= 15 is 0 Å². The number of benzene rings is 1. The van der Waals surface area contributed by atoms with Crippen LogP contribution in [0.25, 0.3) is 0 Å². The third-order valence-electron chi connectivity index (χ3n) is 4.31. The number of likely N-dealkylation sites (tertiary alicyclic amines) is 1. The van der Waals surface area contributed by atoms with Gasteiger partial charge in [-0.3, -0.25) is 9.69 Å². The highest BCUT2D eigenvalue weighted by molar-refractivity contribution is 5.69. The van der Waals surface area contributed by atoms with E-state index in [-0.39, 0.29) is 5.92 Å². The first kappa shape index (κ1) is 15.0. The number of hydrogen-bond acceptors (Lipinski definition) is 2. The van der Waals surface area contributed by atoms with Crippen molar-refractivity contribution in [3.05, 3.63) is 35.9 Å². The molecule has 2 atom stereocenters. The van der Waals surface area contributed by atoms with E-state index in [4.69, 9.17) is 0 Å². The first-order chi connectivity index (χ1) is 9.69. The van der Waals surface area contributed by atoms with Crippen LogP contribution in [0.4, 0.5) is 0 Å². The molecule has 1 aromatic carbocycles. The van der Waals surface area contributed by atoms with Crippen molar-refractivity contribution in [2.24, 2.45) is 11.8 Å². The lowest BCUT2D eigenvalue weighted by Crippen LogP contribution is -2.36. The van der Waals surface area contributed by atoms with Crippen molar-refractivity contribution in [3.63, 3.8) is 0 Å². The molecule has 1 N–H and O–H groups in total. The maximum absolute atomic E-state index is 11.2. The summed E-state index contributed by atoms with van der Waals surface area (Å²) in [5.74, 6) is -0.266. The molecule has 1 heterocycles. The van der Waals surface area contributed by atoms with Gasteiger partial charge in [-0.1, -0.05) is 37.3 Å². The van der Waals surface area contributed by atoms with E-state index < -0.39 is 5.97 Å². The highest BCUT2D eigenvalue weighted by Crippen LogP contribution is 2.26. The fourth-order valence-electron chi connectivity index (χ4n) is 3.17. The van der Waals surface area contributed by atoms with Crippen molar-refractivity contribution in [1.82, 2.24) is 4.90 Å². The number of hydrogen-bond donors (Lipinski definition) is 1. The predicted molar refractivity (Wildman–Crippen MR) is 80.5 cm³/mol. The molecule has 1 aliphatic heterocycles. The number of rotatable bonds is 6. The molecule has 0 aromatic heterocycles. The molecule has 1 saturated heterocycles. The Morgan fingerprint density at radius 1 is 1.40 bits per heavy atom. The van der Waals surface area contributed by atoms with Crippen molar-refractivity contribution in [1.29, 1.82) is 0 Å². The van der Waals surface area contributed by atoms with Gasteiger partial charge in [0.25, 0.3) is 0 Å². The molecule has 20 heavy (non-hydrogen) atoms. The molecule has 0 aliphatic carbocycles. The molecule has 3 nitrogen and oxygen atoms in total. The fraction of sp³-hybridized carbons (Fsp3) is 0.588. The lowest BCUT2D eigenvalue weighted by molar-refractivity contribution is -0.142. The van der Waals surface area contributed by atoms with Crippen LogP contribution >= 0.6 is 0 Å². The minimum absolute atomic E-state index is 0.170. The van der Waals surface area contributed by atoms with Gasteiger partial charge in [-0.25, -0.2) is 0 Å². The van der Waals surface area contributed by atoms with E-state index in [1.54, 1.807) is 0 Å². The third-order valence-corrected chi connectivity index (χ3v) is 4.31. The van der Waals surface area contributed by atoms with Crippen molar-refractivity contribution in [3.8, 4) is 0 Å². The van der Waals surface area contributed by atoms with E-state index in [9.17, 15) is 9.90 Å². The van der Waals surface area contributed by atoms with Crippen LogP contribution in [0.3, 0.4) is 0 Å². The largest absolute Gasteiger partial charge is 0.481 e. The van der Waals surface area contributed by atoms with Gasteiger partial charge >= 0.3 is 5.97 Å². The average Bonchev–Trinajstić information content (AvgIpc) is 2.46. The van der Waals surface area contributed by atoms with Gasteiger partial charge in [-0.2, -0.15) is 0 Å². The molecule has 0 amide bonds. The van der Waals surface area contributed by atoms with Gasteiger partial charge in [0, 0.05) is 13.1 Å². The summed E-state index contributed by atoms with van der Waals surface area (Å²) in [5, 5.41) is 9.19. The minimum Gasteiger partial charge on any atom is -0.481 e. The summed E-state index contributed by atoms with van der Waals surface area (Å²) in [4.78, 5) is 13.6. The second-order valence-corrected chi connectivity index (χ2v) is 5.91. The van der Waals surface area contributed by atoms with Gasteiger partial charge in [0.2, 0.25) is 0 Å². The van der Waals surface area contributed by atoms with Crippen LogP contribution in [-0.2, 0) is 11.3 Å². The quantitative estimate of drug-likeness (QED) is 0.865. The molecular weight excluding hydrogens is 250 g/mol. The predicted octanol–water partition coefficient (Wildman–Crippen LogP) is 3.40. The molecule has 0 saturated carbocycles. The maximum atomic E-state index is 11.2. The van der Waals surface area contributed by atoms with Crippen molar-refractivity contribution in [2.45, 2.75) is 39.2 Å². The van der Waals surface area contributed by atoms with E-state index in [1.807, 2.05) is 13.0 Å². The Bertz CT molecular complexity index is 418. The van der Waals surface area contributed by atoms with E-state index in [0.717, 1.165) is 32.5 Å². The van der Waals surface area contributed by atoms with Crippen LogP contribution < -0.4 is 0 Å². The number of piperidine rings is 1. The molecule has 1 aliphatic rings. The SMILES string of the molecule is CCC(CC1CCCN(Cc2ccccc2)C1)C(=O)O. The number of carboxylic acids is 1. The summed E-state index contributed by atoms with van der Waals surface area (Å²) in [6.45, 7) is 5.14. The molecule has 0 bridgehead atoms. The molecule has 2 unspecified atom stereocenters. The zero-order valence-corrected chi connectivity index (χ0v) is 12.3. The Labute approximate surface area is 121 Å². The summed E-state index contributed by atoms with van der Waals surface area (Å²) < 4.78 is 0. The molecule has 1 aromatic rings. The van der Waals surface area contributed by atoms with E-state index in [1.165, 1.54) is 18.4 Å². The van der Waals surface area contributed by atoms with Crippen molar-refractivity contribution >= 4 is 5.97 Å². The maximum Gasteiger partial charge on any atom is 0.306 e. The van der Waals surface area contributed by atoms with Gasteiger partial charge in [0.05, 0.1) is 5.92 Å². The zero-order valence-electron chi connectivity index (χ0n) is 12.3. The summed E-state index contributed by atoms with van der Waals surface area (Å²) >= 11 is 0.